The molecule has 0 atom stereocenters. The van der Waals surface area contributed by atoms with Gasteiger partial charge in [0.05, 0.1) is 24.3 Å². The minimum absolute atomic E-state index is 0.197. The van der Waals surface area contributed by atoms with Crippen LogP contribution in [0.25, 0.3) is 10.9 Å². The highest BCUT2D eigenvalue weighted by Gasteiger charge is 2.30. The van der Waals surface area contributed by atoms with Gasteiger partial charge in [0.2, 0.25) is 5.91 Å². The number of nitrogens with zero attached hydrogens (tertiary/aromatic N) is 3. The smallest absolute Gasteiger partial charge is 0.378 e. The van der Waals surface area contributed by atoms with E-state index in [4.69, 9.17) is 4.74 Å². The van der Waals surface area contributed by atoms with Crippen LogP contribution < -0.4 is 5.32 Å². The Morgan fingerprint density at radius 3 is 2.39 bits per heavy atom. The van der Waals surface area contributed by atoms with Crippen molar-refractivity contribution in [2.24, 2.45) is 0 Å². The molecule has 1 aromatic heterocycles. The molecule has 2 heterocycles. The van der Waals surface area contributed by atoms with Gasteiger partial charge >= 0.3 is 6.18 Å². The first kappa shape index (κ1) is 20.9. The summed E-state index contributed by atoms with van der Waals surface area (Å²) in [6.07, 6.45) is -4.44. The Balaban J connectivity index is 1.53. The molecule has 162 valence electrons. The van der Waals surface area contributed by atoms with Crippen LogP contribution in [0.4, 0.5) is 18.9 Å². The average molecular weight is 432 g/mol. The number of amides is 2. The van der Waals surface area contributed by atoms with Crippen molar-refractivity contribution >= 4 is 28.4 Å². The number of nitrogens with one attached hydrogen (secondary N) is 1. The Morgan fingerprint density at radius 1 is 1.03 bits per heavy atom. The fourth-order valence-corrected chi connectivity index (χ4v) is 3.40. The second-order valence-corrected chi connectivity index (χ2v) is 7.05. The summed E-state index contributed by atoms with van der Waals surface area (Å²) < 4.78 is 44.7. The number of aromatic nitrogens is 2. The maximum absolute atomic E-state index is 12.9. The van der Waals surface area contributed by atoms with E-state index in [1.54, 1.807) is 29.2 Å². The number of benzene rings is 2. The number of morpholine rings is 1. The monoisotopic (exact) mass is 432 g/mol. The summed E-state index contributed by atoms with van der Waals surface area (Å²) >= 11 is 0. The molecule has 2 aromatic carbocycles. The van der Waals surface area contributed by atoms with Gasteiger partial charge in [-0.05, 0) is 30.3 Å². The highest BCUT2D eigenvalue weighted by Crippen LogP contribution is 2.29. The zero-order chi connectivity index (χ0) is 22.0. The highest BCUT2D eigenvalue weighted by atomic mass is 19.4. The van der Waals surface area contributed by atoms with E-state index >= 15 is 0 Å². The number of anilines is 1. The number of rotatable bonds is 4. The van der Waals surface area contributed by atoms with Gasteiger partial charge in [0.1, 0.15) is 6.54 Å². The number of fused-ring (bicyclic) bond motifs is 1. The van der Waals surface area contributed by atoms with Gasteiger partial charge in [-0.3, -0.25) is 14.3 Å². The van der Waals surface area contributed by atoms with Crippen LogP contribution >= 0.6 is 0 Å². The van der Waals surface area contributed by atoms with Gasteiger partial charge in [-0.1, -0.05) is 18.2 Å². The number of hydrogen-bond donors (Lipinski definition) is 1. The molecular formula is C21H19F3N4O3. The Kier molecular flexibility index (Phi) is 5.64. The van der Waals surface area contributed by atoms with Crippen molar-refractivity contribution in [3.8, 4) is 0 Å². The Bertz CT molecular complexity index is 1100. The molecule has 1 saturated heterocycles. The SMILES string of the molecule is O=C(Cn1nc(C(=O)N2CCOCC2)c2ccccc21)Nc1ccc(C(F)(F)F)cc1. The molecule has 1 fully saturated rings. The first-order chi connectivity index (χ1) is 14.8. The van der Waals surface area contributed by atoms with E-state index < -0.39 is 17.6 Å². The number of para-hydroxylation sites is 1. The lowest BCUT2D eigenvalue weighted by Gasteiger charge is -2.26. The zero-order valence-corrected chi connectivity index (χ0v) is 16.4. The van der Waals surface area contributed by atoms with Crippen LogP contribution in [0.15, 0.2) is 48.5 Å². The van der Waals surface area contributed by atoms with Crippen molar-refractivity contribution in [2.45, 2.75) is 12.7 Å². The quantitative estimate of drug-likeness (QED) is 0.687. The standard InChI is InChI=1S/C21H19F3N4O3/c22-21(23,24)14-5-7-15(8-6-14)25-18(29)13-28-17-4-2-1-3-16(17)19(26-28)20(30)27-9-11-31-12-10-27/h1-8H,9-13H2,(H,25,29). The normalized spacial score (nSPS) is 14.6. The van der Waals surface area contributed by atoms with Crippen LogP contribution in [0.1, 0.15) is 16.1 Å². The molecule has 1 aliphatic rings. The molecule has 0 radical (unpaired) electrons. The van der Waals surface area contributed by atoms with Gasteiger partial charge in [-0.15, -0.1) is 0 Å². The lowest BCUT2D eigenvalue weighted by atomic mass is 10.2. The lowest BCUT2D eigenvalue weighted by molar-refractivity contribution is -0.137. The fraction of sp³-hybridized carbons (Fsp3) is 0.286. The van der Waals surface area contributed by atoms with E-state index in [2.05, 4.69) is 10.4 Å². The molecule has 10 heteroatoms. The van der Waals surface area contributed by atoms with Gasteiger partial charge < -0.3 is 15.0 Å². The van der Waals surface area contributed by atoms with Crippen LogP contribution in [0.3, 0.4) is 0 Å². The molecule has 0 bridgehead atoms. The number of ether oxygens (including phenoxy) is 1. The van der Waals surface area contributed by atoms with Crippen LogP contribution in [0.5, 0.6) is 0 Å². The van der Waals surface area contributed by atoms with E-state index in [1.807, 2.05) is 0 Å². The molecule has 3 aromatic rings. The third-order valence-corrected chi connectivity index (χ3v) is 4.95. The second kappa shape index (κ2) is 8.38. The molecule has 0 spiro atoms. The van der Waals surface area contributed by atoms with Gasteiger partial charge in [-0.2, -0.15) is 18.3 Å². The summed E-state index contributed by atoms with van der Waals surface area (Å²) in [7, 11) is 0. The first-order valence-electron chi connectivity index (χ1n) is 9.62. The van der Waals surface area contributed by atoms with Crippen LogP contribution in [-0.4, -0.2) is 52.8 Å². The minimum atomic E-state index is -4.44. The van der Waals surface area contributed by atoms with Crippen LogP contribution in [0.2, 0.25) is 0 Å². The molecule has 1 aliphatic heterocycles. The third-order valence-electron chi connectivity index (χ3n) is 4.95. The second-order valence-electron chi connectivity index (χ2n) is 7.05. The lowest BCUT2D eigenvalue weighted by Crippen LogP contribution is -2.41. The molecular weight excluding hydrogens is 413 g/mol. The van der Waals surface area contributed by atoms with Gasteiger partial charge in [0.15, 0.2) is 5.69 Å². The summed E-state index contributed by atoms with van der Waals surface area (Å²) in [6, 6.07) is 11.3. The number of carbonyl (C=O) groups is 2. The zero-order valence-electron chi connectivity index (χ0n) is 16.4. The summed E-state index contributed by atoms with van der Waals surface area (Å²) in [6.45, 7) is 1.65. The summed E-state index contributed by atoms with van der Waals surface area (Å²) in [4.78, 5) is 27.1. The van der Waals surface area contributed by atoms with E-state index in [1.165, 1.54) is 16.8 Å². The topological polar surface area (TPSA) is 76.5 Å². The Labute approximate surface area is 175 Å². The van der Waals surface area contributed by atoms with Crippen molar-refractivity contribution in [3.63, 3.8) is 0 Å². The molecule has 0 aliphatic carbocycles. The third kappa shape index (κ3) is 4.53. The molecule has 2 amide bonds. The van der Waals surface area contributed by atoms with Crippen molar-refractivity contribution < 1.29 is 27.5 Å². The molecule has 31 heavy (non-hydrogen) atoms. The molecule has 4 rings (SSSR count). The molecule has 7 nitrogen and oxygen atoms in total. The van der Waals surface area contributed by atoms with E-state index in [9.17, 15) is 22.8 Å². The van der Waals surface area contributed by atoms with Crippen molar-refractivity contribution in [1.29, 1.82) is 0 Å². The van der Waals surface area contributed by atoms with Gasteiger partial charge in [-0.25, -0.2) is 0 Å². The summed E-state index contributed by atoms with van der Waals surface area (Å²) in [5.41, 5.74) is 0.301. The van der Waals surface area contributed by atoms with Crippen molar-refractivity contribution in [3.05, 3.63) is 59.8 Å². The predicted molar refractivity (Wildman–Crippen MR) is 107 cm³/mol. The number of carbonyl (C=O) groups excluding carboxylic acids is 2. The fourth-order valence-electron chi connectivity index (χ4n) is 3.40. The van der Waals surface area contributed by atoms with Gasteiger partial charge in [0, 0.05) is 24.2 Å². The maximum atomic E-state index is 12.9. The summed E-state index contributed by atoms with van der Waals surface area (Å²) in [5, 5.41) is 7.55. The average Bonchev–Trinajstić information content (AvgIpc) is 3.12. The van der Waals surface area contributed by atoms with E-state index in [-0.39, 0.29) is 23.8 Å². The largest absolute Gasteiger partial charge is 0.416 e. The van der Waals surface area contributed by atoms with E-state index in [0.29, 0.717) is 37.2 Å². The summed E-state index contributed by atoms with van der Waals surface area (Å²) in [5.74, 6) is -0.709. The first-order valence-corrected chi connectivity index (χ1v) is 9.62. The van der Waals surface area contributed by atoms with E-state index in [0.717, 1.165) is 12.1 Å². The highest BCUT2D eigenvalue weighted by molar-refractivity contribution is 6.05. The molecule has 0 unspecified atom stereocenters. The molecule has 1 N–H and O–H groups in total. The Morgan fingerprint density at radius 2 is 1.71 bits per heavy atom. The van der Waals surface area contributed by atoms with Crippen molar-refractivity contribution in [1.82, 2.24) is 14.7 Å². The number of alkyl halides is 3. The van der Waals surface area contributed by atoms with Crippen LogP contribution in [-0.2, 0) is 22.3 Å². The van der Waals surface area contributed by atoms with Crippen LogP contribution in [0, 0.1) is 0 Å². The van der Waals surface area contributed by atoms with Gasteiger partial charge in [0.25, 0.3) is 5.91 Å². The minimum Gasteiger partial charge on any atom is -0.378 e. The number of halogens is 3. The Hall–Kier alpha value is -3.40. The van der Waals surface area contributed by atoms with Crippen molar-refractivity contribution in [2.75, 3.05) is 31.6 Å². The predicted octanol–water partition coefficient (Wildman–Crippen LogP) is 3.17. The number of hydrogen-bond acceptors (Lipinski definition) is 4. The molecule has 0 saturated carbocycles. The maximum Gasteiger partial charge on any atom is 0.416 e.